The van der Waals surface area contributed by atoms with Crippen molar-refractivity contribution in [3.63, 3.8) is 0 Å². The second kappa shape index (κ2) is 6.21. The molecule has 0 heterocycles. The minimum Gasteiger partial charge on any atom is -0.321 e. The molecule has 0 saturated heterocycles. The van der Waals surface area contributed by atoms with Gasteiger partial charge in [0.05, 0.1) is 10.7 Å². The quantitative estimate of drug-likeness (QED) is 0.611. The lowest BCUT2D eigenvalue weighted by Gasteiger charge is -2.07. The highest BCUT2D eigenvalue weighted by Gasteiger charge is 2.08. The largest absolute Gasteiger partial charge is 0.321 e. The zero-order valence-corrected chi connectivity index (χ0v) is 14.2. The molecule has 1 amide bonds. The van der Waals surface area contributed by atoms with Crippen molar-refractivity contribution in [3.8, 4) is 0 Å². The molecule has 2 nitrogen and oxygen atoms in total. The normalized spacial score (nSPS) is 10.2. The summed E-state index contributed by atoms with van der Waals surface area (Å²) in [5.41, 5.74) is 1.24. The van der Waals surface area contributed by atoms with Crippen molar-refractivity contribution in [3.05, 3.63) is 60.2 Å². The molecule has 2 aromatic rings. The van der Waals surface area contributed by atoms with Gasteiger partial charge in [-0.2, -0.15) is 0 Å². The molecular formula is C13H8ClI2NO. The lowest BCUT2D eigenvalue weighted by molar-refractivity contribution is 0.102. The molecule has 0 fully saturated rings. The van der Waals surface area contributed by atoms with Gasteiger partial charge in [0.15, 0.2) is 0 Å². The van der Waals surface area contributed by atoms with E-state index in [1.54, 1.807) is 18.2 Å². The zero-order valence-electron chi connectivity index (χ0n) is 9.08. The molecule has 0 saturated carbocycles. The van der Waals surface area contributed by atoms with Gasteiger partial charge in [-0.1, -0.05) is 11.6 Å². The van der Waals surface area contributed by atoms with Crippen LogP contribution in [-0.4, -0.2) is 5.91 Å². The second-order valence-corrected chi connectivity index (χ2v) is 6.48. The molecule has 0 spiro atoms. The molecule has 0 aliphatic rings. The van der Waals surface area contributed by atoms with E-state index in [4.69, 9.17) is 11.6 Å². The van der Waals surface area contributed by atoms with Crippen molar-refractivity contribution in [2.45, 2.75) is 0 Å². The molecule has 1 N–H and O–H groups in total. The van der Waals surface area contributed by atoms with Crippen LogP contribution in [-0.2, 0) is 0 Å². The van der Waals surface area contributed by atoms with Gasteiger partial charge in [0.2, 0.25) is 0 Å². The van der Waals surface area contributed by atoms with E-state index in [0.29, 0.717) is 16.3 Å². The van der Waals surface area contributed by atoms with Gasteiger partial charge in [0.25, 0.3) is 5.91 Å². The Kier molecular flexibility index (Phi) is 4.85. The number of anilines is 1. The van der Waals surface area contributed by atoms with E-state index in [1.807, 2.05) is 24.3 Å². The summed E-state index contributed by atoms with van der Waals surface area (Å²) in [4.78, 5) is 12.0. The Morgan fingerprint density at radius 1 is 1.00 bits per heavy atom. The van der Waals surface area contributed by atoms with Crippen LogP contribution in [0.25, 0.3) is 0 Å². The smallest absolute Gasteiger partial charge is 0.255 e. The average molecular weight is 483 g/mol. The van der Waals surface area contributed by atoms with Gasteiger partial charge in [0.1, 0.15) is 0 Å². The number of hydrogen-bond acceptors (Lipinski definition) is 1. The monoisotopic (exact) mass is 483 g/mol. The number of carbonyl (C=O) groups excluding carboxylic acids is 1. The third-order valence-electron chi connectivity index (χ3n) is 2.29. The summed E-state index contributed by atoms with van der Waals surface area (Å²) in [6.45, 7) is 0. The van der Waals surface area contributed by atoms with E-state index in [0.717, 1.165) is 7.14 Å². The highest BCUT2D eigenvalue weighted by molar-refractivity contribution is 14.1. The Bertz CT molecular complexity index is 584. The standard InChI is InChI=1S/C13H8ClI2NO/c14-11-7-10(16)5-6-12(11)17-13(18)8-1-3-9(15)4-2-8/h1-7H,(H,17,18). The zero-order chi connectivity index (χ0) is 13.1. The van der Waals surface area contributed by atoms with Gasteiger partial charge in [-0.15, -0.1) is 0 Å². The average Bonchev–Trinajstić information content (AvgIpc) is 2.33. The first-order valence-corrected chi connectivity index (χ1v) is 7.62. The predicted molar refractivity (Wildman–Crippen MR) is 91.3 cm³/mol. The van der Waals surface area contributed by atoms with Crippen molar-refractivity contribution < 1.29 is 4.79 Å². The number of halogens is 3. The summed E-state index contributed by atoms with van der Waals surface area (Å²) in [5, 5.41) is 3.34. The van der Waals surface area contributed by atoms with E-state index >= 15 is 0 Å². The van der Waals surface area contributed by atoms with Crippen LogP contribution in [0.1, 0.15) is 10.4 Å². The van der Waals surface area contributed by atoms with E-state index in [1.165, 1.54) is 0 Å². The first-order valence-electron chi connectivity index (χ1n) is 5.08. The minimum absolute atomic E-state index is 0.158. The van der Waals surface area contributed by atoms with Crippen molar-refractivity contribution >= 4 is 68.4 Å². The summed E-state index contributed by atoms with van der Waals surface area (Å²) in [6.07, 6.45) is 0. The minimum atomic E-state index is -0.158. The molecule has 5 heteroatoms. The van der Waals surface area contributed by atoms with Gasteiger partial charge in [0, 0.05) is 12.7 Å². The SMILES string of the molecule is O=C(Nc1ccc(I)cc1Cl)c1ccc(I)cc1. The molecule has 2 aromatic carbocycles. The van der Waals surface area contributed by atoms with Gasteiger partial charge >= 0.3 is 0 Å². The number of carbonyl (C=O) groups is 1. The van der Waals surface area contributed by atoms with Gasteiger partial charge in [-0.25, -0.2) is 0 Å². The van der Waals surface area contributed by atoms with Crippen molar-refractivity contribution in [1.82, 2.24) is 0 Å². The van der Waals surface area contributed by atoms with Crippen LogP contribution in [0.15, 0.2) is 42.5 Å². The fourth-order valence-corrected chi connectivity index (χ4v) is 2.65. The van der Waals surface area contributed by atoms with Crippen LogP contribution in [0.4, 0.5) is 5.69 Å². The molecule has 0 atom stereocenters. The fourth-order valence-electron chi connectivity index (χ4n) is 1.39. The third-order valence-corrected chi connectivity index (χ3v) is 3.99. The Balaban J connectivity index is 2.18. The number of hydrogen-bond donors (Lipinski definition) is 1. The Hall–Kier alpha value is -0.340. The maximum Gasteiger partial charge on any atom is 0.255 e. The summed E-state index contributed by atoms with van der Waals surface area (Å²) in [6, 6.07) is 12.9. The Labute approximate surface area is 137 Å². The molecule has 0 aliphatic carbocycles. The first-order chi connectivity index (χ1) is 8.56. The van der Waals surface area contributed by atoms with Crippen molar-refractivity contribution in [1.29, 1.82) is 0 Å². The molecular weight excluding hydrogens is 475 g/mol. The van der Waals surface area contributed by atoms with Crippen LogP contribution in [0.3, 0.4) is 0 Å². The molecule has 0 radical (unpaired) electrons. The van der Waals surface area contributed by atoms with Crippen LogP contribution in [0.2, 0.25) is 5.02 Å². The maximum atomic E-state index is 12.0. The molecule has 0 aliphatic heterocycles. The number of amides is 1. The van der Waals surface area contributed by atoms with Crippen molar-refractivity contribution in [2.24, 2.45) is 0 Å². The summed E-state index contributed by atoms with van der Waals surface area (Å²) >= 11 is 10.4. The maximum absolute atomic E-state index is 12.0. The van der Waals surface area contributed by atoms with Gasteiger partial charge < -0.3 is 5.32 Å². The highest BCUT2D eigenvalue weighted by atomic mass is 127. The highest BCUT2D eigenvalue weighted by Crippen LogP contribution is 2.24. The second-order valence-electron chi connectivity index (χ2n) is 3.59. The summed E-state index contributed by atoms with van der Waals surface area (Å²) < 4.78 is 2.13. The molecule has 0 bridgehead atoms. The fraction of sp³-hybridized carbons (Fsp3) is 0. The topological polar surface area (TPSA) is 29.1 Å². The van der Waals surface area contributed by atoms with Crippen LogP contribution in [0, 0.1) is 7.14 Å². The van der Waals surface area contributed by atoms with Crippen molar-refractivity contribution in [2.75, 3.05) is 5.32 Å². The van der Waals surface area contributed by atoms with Gasteiger partial charge in [-0.05, 0) is 87.6 Å². The number of benzene rings is 2. The van der Waals surface area contributed by atoms with E-state index in [-0.39, 0.29) is 5.91 Å². The Morgan fingerprint density at radius 3 is 2.22 bits per heavy atom. The van der Waals surface area contributed by atoms with E-state index < -0.39 is 0 Å². The lowest BCUT2D eigenvalue weighted by atomic mass is 10.2. The third kappa shape index (κ3) is 3.58. The van der Waals surface area contributed by atoms with Crippen LogP contribution in [0.5, 0.6) is 0 Å². The molecule has 92 valence electrons. The van der Waals surface area contributed by atoms with E-state index in [9.17, 15) is 4.79 Å². The first kappa shape index (κ1) is 14.1. The molecule has 18 heavy (non-hydrogen) atoms. The van der Waals surface area contributed by atoms with Crippen LogP contribution >= 0.6 is 56.8 Å². The predicted octanol–water partition coefficient (Wildman–Crippen LogP) is 4.80. The Morgan fingerprint density at radius 2 is 1.61 bits per heavy atom. The van der Waals surface area contributed by atoms with E-state index in [2.05, 4.69) is 50.5 Å². The number of rotatable bonds is 2. The molecule has 0 unspecified atom stereocenters. The summed E-state index contributed by atoms with van der Waals surface area (Å²) in [7, 11) is 0. The number of nitrogens with one attached hydrogen (secondary N) is 1. The molecule has 0 aromatic heterocycles. The van der Waals surface area contributed by atoms with Gasteiger partial charge in [-0.3, -0.25) is 4.79 Å². The molecule has 2 rings (SSSR count). The lowest BCUT2D eigenvalue weighted by Crippen LogP contribution is -2.12. The van der Waals surface area contributed by atoms with Crippen LogP contribution < -0.4 is 5.32 Å². The summed E-state index contributed by atoms with van der Waals surface area (Å²) in [5.74, 6) is -0.158.